The van der Waals surface area contributed by atoms with E-state index in [1.165, 1.54) is 19.1 Å². The molecule has 1 atom stereocenters. The van der Waals surface area contributed by atoms with Crippen LogP contribution in [0.4, 0.5) is 4.39 Å². The molecule has 5 heteroatoms. The van der Waals surface area contributed by atoms with Crippen LogP contribution in [-0.2, 0) is 16.1 Å². The van der Waals surface area contributed by atoms with Crippen LogP contribution in [0.2, 0.25) is 5.02 Å². The number of halogens is 2. The van der Waals surface area contributed by atoms with E-state index in [1.807, 2.05) is 0 Å². The molecular weight excluding hydrogens is 223 g/mol. The van der Waals surface area contributed by atoms with E-state index in [1.54, 1.807) is 6.07 Å². The molecule has 0 saturated heterocycles. The lowest BCUT2D eigenvalue weighted by Crippen LogP contribution is -2.19. The lowest BCUT2D eigenvalue weighted by molar-refractivity contribution is -0.149. The number of hydrogen-bond donors (Lipinski definition) is 1. The summed E-state index contributed by atoms with van der Waals surface area (Å²) in [5.41, 5.74) is 0.546. The first-order chi connectivity index (χ1) is 7.00. The van der Waals surface area contributed by atoms with Gasteiger partial charge in [-0.2, -0.15) is 0 Å². The molecule has 0 aliphatic heterocycles. The Bertz CT molecular complexity index is 368. The number of ether oxygens (including phenoxy) is 1. The second-order valence-electron chi connectivity index (χ2n) is 3.04. The Kier molecular flexibility index (Phi) is 4.05. The quantitative estimate of drug-likeness (QED) is 0.868. The van der Waals surface area contributed by atoms with Crippen molar-refractivity contribution in [1.82, 2.24) is 0 Å². The minimum absolute atomic E-state index is 0.0324. The zero-order valence-corrected chi connectivity index (χ0v) is 8.79. The first kappa shape index (κ1) is 11.9. The van der Waals surface area contributed by atoms with Gasteiger partial charge in [0.25, 0.3) is 0 Å². The van der Waals surface area contributed by atoms with Crippen LogP contribution in [0.5, 0.6) is 0 Å². The van der Waals surface area contributed by atoms with Gasteiger partial charge >= 0.3 is 5.97 Å². The van der Waals surface area contributed by atoms with Gasteiger partial charge in [-0.05, 0) is 24.6 Å². The van der Waals surface area contributed by atoms with E-state index in [0.717, 1.165) is 0 Å². The van der Waals surface area contributed by atoms with E-state index in [9.17, 15) is 9.18 Å². The number of hydrogen-bond acceptors (Lipinski definition) is 2. The number of carboxylic acids is 1. The first-order valence-electron chi connectivity index (χ1n) is 4.29. The third-order valence-corrected chi connectivity index (χ3v) is 2.14. The van der Waals surface area contributed by atoms with Crippen LogP contribution < -0.4 is 0 Å². The van der Waals surface area contributed by atoms with Gasteiger partial charge in [0.15, 0.2) is 6.10 Å². The molecule has 0 heterocycles. The Morgan fingerprint density at radius 1 is 1.67 bits per heavy atom. The van der Waals surface area contributed by atoms with Crippen molar-refractivity contribution in [3.8, 4) is 0 Å². The Hall–Kier alpha value is -1.13. The van der Waals surface area contributed by atoms with Crippen molar-refractivity contribution in [2.75, 3.05) is 0 Å². The molecule has 0 radical (unpaired) electrons. The largest absolute Gasteiger partial charge is 0.479 e. The van der Waals surface area contributed by atoms with E-state index in [4.69, 9.17) is 21.4 Å². The van der Waals surface area contributed by atoms with Crippen molar-refractivity contribution in [3.63, 3.8) is 0 Å². The molecule has 1 N–H and O–H groups in total. The molecule has 0 spiro atoms. The molecule has 0 unspecified atom stereocenters. The van der Waals surface area contributed by atoms with Crippen LogP contribution in [0.15, 0.2) is 18.2 Å². The topological polar surface area (TPSA) is 46.5 Å². The van der Waals surface area contributed by atoms with Crippen molar-refractivity contribution < 1.29 is 19.0 Å². The molecule has 0 aliphatic carbocycles. The minimum atomic E-state index is -1.05. The van der Waals surface area contributed by atoms with Crippen LogP contribution >= 0.6 is 11.6 Å². The molecule has 0 bridgehead atoms. The number of aliphatic carboxylic acids is 1. The van der Waals surface area contributed by atoms with E-state index in [-0.39, 0.29) is 11.6 Å². The zero-order chi connectivity index (χ0) is 11.4. The van der Waals surface area contributed by atoms with E-state index in [0.29, 0.717) is 5.56 Å². The summed E-state index contributed by atoms with van der Waals surface area (Å²) in [5.74, 6) is -1.59. The molecule has 82 valence electrons. The fraction of sp³-hybridized carbons (Fsp3) is 0.300. The summed E-state index contributed by atoms with van der Waals surface area (Å²) in [4.78, 5) is 10.4. The predicted molar refractivity (Wildman–Crippen MR) is 53.3 cm³/mol. The normalized spacial score (nSPS) is 12.5. The number of benzene rings is 1. The highest BCUT2D eigenvalue weighted by Gasteiger charge is 2.11. The summed E-state index contributed by atoms with van der Waals surface area (Å²) in [6.45, 7) is 1.45. The summed E-state index contributed by atoms with van der Waals surface area (Å²) in [6, 6.07) is 4.21. The van der Waals surface area contributed by atoms with Crippen LogP contribution in [0.25, 0.3) is 0 Å². The van der Waals surface area contributed by atoms with Crippen molar-refractivity contribution in [3.05, 3.63) is 34.6 Å². The van der Waals surface area contributed by atoms with E-state index in [2.05, 4.69) is 0 Å². The lowest BCUT2D eigenvalue weighted by atomic mass is 10.2. The highest BCUT2D eigenvalue weighted by molar-refractivity contribution is 6.30. The fourth-order valence-electron chi connectivity index (χ4n) is 0.922. The van der Waals surface area contributed by atoms with E-state index < -0.39 is 17.9 Å². The van der Waals surface area contributed by atoms with Gasteiger partial charge in [-0.15, -0.1) is 0 Å². The maximum Gasteiger partial charge on any atom is 0.332 e. The molecule has 3 nitrogen and oxygen atoms in total. The Labute approximate surface area is 91.4 Å². The third-order valence-electron chi connectivity index (χ3n) is 1.83. The SMILES string of the molecule is C[C@@H](OCc1ccc(Cl)c(F)c1)C(=O)O. The third kappa shape index (κ3) is 3.49. The summed E-state index contributed by atoms with van der Waals surface area (Å²) in [6.07, 6.45) is -0.913. The number of rotatable bonds is 4. The van der Waals surface area contributed by atoms with Gasteiger partial charge in [0, 0.05) is 0 Å². The minimum Gasteiger partial charge on any atom is -0.479 e. The Morgan fingerprint density at radius 2 is 2.33 bits per heavy atom. The van der Waals surface area contributed by atoms with Gasteiger partial charge in [-0.1, -0.05) is 17.7 Å². The second-order valence-corrected chi connectivity index (χ2v) is 3.45. The molecule has 1 rings (SSSR count). The molecule has 0 aliphatic rings. The van der Waals surface area contributed by atoms with Crippen molar-refractivity contribution in [2.45, 2.75) is 19.6 Å². The fourth-order valence-corrected chi connectivity index (χ4v) is 1.04. The van der Waals surface area contributed by atoms with Crippen LogP contribution in [0.3, 0.4) is 0 Å². The number of carbonyl (C=O) groups is 1. The molecule has 1 aromatic carbocycles. The average molecular weight is 233 g/mol. The maximum absolute atomic E-state index is 13.0. The maximum atomic E-state index is 13.0. The second kappa shape index (κ2) is 5.09. The first-order valence-corrected chi connectivity index (χ1v) is 4.67. The highest BCUT2D eigenvalue weighted by atomic mass is 35.5. The highest BCUT2D eigenvalue weighted by Crippen LogP contribution is 2.16. The summed E-state index contributed by atoms with van der Waals surface area (Å²) in [7, 11) is 0. The Morgan fingerprint density at radius 3 is 2.87 bits per heavy atom. The molecule has 0 amide bonds. The van der Waals surface area contributed by atoms with Gasteiger partial charge in [-0.3, -0.25) is 0 Å². The standard InChI is InChI=1S/C10H10ClFO3/c1-6(10(13)14)15-5-7-2-3-8(11)9(12)4-7/h2-4,6H,5H2,1H3,(H,13,14)/t6-/m1/s1. The monoisotopic (exact) mass is 232 g/mol. The summed E-state index contributed by atoms with van der Waals surface area (Å²) in [5, 5.41) is 8.57. The van der Waals surface area contributed by atoms with Gasteiger partial charge in [0.2, 0.25) is 0 Å². The zero-order valence-electron chi connectivity index (χ0n) is 8.04. The van der Waals surface area contributed by atoms with Crippen molar-refractivity contribution >= 4 is 17.6 Å². The summed E-state index contributed by atoms with van der Waals surface area (Å²) < 4.78 is 17.9. The van der Waals surface area contributed by atoms with Gasteiger partial charge in [0.1, 0.15) is 5.82 Å². The lowest BCUT2D eigenvalue weighted by Gasteiger charge is -2.08. The Balaban J connectivity index is 2.58. The summed E-state index contributed by atoms with van der Waals surface area (Å²) >= 11 is 5.48. The van der Waals surface area contributed by atoms with Crippen LogP contribution in [0.1, 0.15) is 12.5 Å². The van der Waals surface area contributed by atoms with Crippen molar-refractivity contribution in [2.24, 2.45) is 0 Å². The van der Waals surface area contributed by atoms with Crippen LogP contribution in [0, 0.1) is 5.82 Å². The molecule has 0 saturated carbocycles. The molecule has 0 aromatic heterocycles. The molecular formula is C10H10ClFO3. The van der Waals surface area contributed by atoms with Gasteiger partial charge in [-0.25, -0.2) is 9.18 Å². The predicted octanol–water partition coefficient (Wildman–Crippen LogP) is 2.47. The smallest absolute Gasteiger partial charge is 0.332 e. The van der Waals surface area contributed by atoms with Gasteiger partial charge in [0.05, 0.1) is 11.6 Å². The average Bonchev–Trinajstić information content (AvgIpc) is 2.19. The van der Waals surface area contributed by atoms with Crippen LogP contribution in [-0.4, -0.2) is 17.2 Å². The number of carboxylic acid groups (broad SMARTS) is 1. The molecule has 1 aromatic rings. The molecule has 0 fully saturated rings. The van der Waals surface area contributed by atoms with Gasteiger partial charge < -0.3 is 9.84 Å². The molecule has 15 heavy (non-hydrogen) atoms. The van der Waals surface area contributed by atoms with Crippen molar-refractivity contribution in [1.29, 1.82) is 0 Å². The van der Waals surface area contributed by atoms with E-state index >= 15 is 0 Å².